The topological polar surface area (TPSA) is 81.8 Å². The highest BCUT2D eigenvalue weighted by molar-refractivity contribution is 6.09. The number of para-hydroxylation sites is 2. The van der Waals surface area contributed by atoms with Gasteiger partial charge in [0, 0.05) is 24.3 Å². The van der Waals surface area contributed by atoms with Crippen molar-refractivity contribution in [3.63, 3.8) is 0 Å². The van der Waals surface area contributed by atoms with E-state index in [9.17, 15) is 18.8 Å². The summed E-state index contributed by atoms with van der Waals surface area (Å²) in [5.74, 6) is -1.02. The van der Waals surface area contributed by atoms with Crippen LogP contribution in [0.1, 0.15) is 39.9 Å². The summed E-state index contributed by atoms with van der Waals surface area (Å²) in [5, 5.41) is 5.36. The van der Waals surface area contributed by atoms with Gasteiger partial charge >= 0.3 is 6.03 Å². The van der Waals surface area contributed by atoms with Crippen LogP contribution >= 0.6 is 0 Å². The Morgan fingerprint density at radius 1 is 1.03 bits per heavy atom. The Bertz CT molecular complexity index is 1360. The van der Waals surface area contributed by atoms with Gasteiger partial charge in [0.1, 0.15) is 18.0 Å². The molecule has 0 unspecified atom stereocenters. The molecule has 0 bridgehead atoms. The van der Waals surface area contributed by atoms with Crippen molar-refractivity contribution in [2.75, 3.05) is 28.2 Å². The fourth-order valence-electron chi connectivity index (χ4n) is 4.83. The van der Waals surface area contributed by atoms with Gasteiger partial charge in [0.15, 0.2) is 0 Å². The van der Waals surface area contributed by atoms with Crippen LogP contribution in [0.2, 0.25) is 0 Å². The van der Waals surface area contributed by atoms with Crippen LogP contribution in [0.4, 0.5) is 26.2 Å². The number of amides is 4. The fraction of sp³-hybridized carbons (Fsp3) is 0.250. The normalized spacial score (nSPS) is 14.9. The van der Waals surface area contributed by atoms with Gasteiger partial charge in [0.25, 0.3) is 5.91 Å². The average molecular weight is 487 g/mol. The van der Waals surface area contributed by atoms with E-state index in [0.29, 0.717) is 12.1 Å². The molecule has 0 aliphatic carbocycles. The number of urea groups is 1. The minimum atomic E-state index is -0.586. The van der Waals surface area contributed by atoms with Crippen LogP contribution in [0.3, 0.4) is 0 Å². The number of fused-ring (bicyclic) bond motifs is 2. The monoisotopic (exact) mass is 486 g/mol. The second kappa shape index (κ2) is 9.81. The van der Waals surface area contributed by atoms with E-state index in [1.54, 1.807) is 12.1 Å². The first kappa shape index (κ1) is 23.5. The van der Waals surface area contributed by atoms with E-state index in [1.807, 2.05) is 42.2 Å². The zero-order valence-corrected chi connectivity index (χ0v) is 20.0. The number of anilines is 3. The number of benzene rings is 3. The van der Waals surface area contributed by atoms with Gasteiger partial charge < -0.3 is 15.5 Å². The molecule has 0 fully saturated rings. The molecular formula is C28H27FN4O3. The summed E-state index contributed by atoms with van der Waals surface area (Å²) in [6.45, 7) is 2.46. The van der Waals surface area contributed by atoms with Gasteiger partial charge in [-0.25, -0.2) is 9.18 Å². The van der Waals surface area contributed by atoms with Crippen molar-refractivity contribution in [1.29, 1.82) is 0 Å². The Kier molecular flexibility index (Phi) is 6.41. The number of nitrogens with one attached hydrogen (secondary N) is 2. The third-order valence-electron chi connectivity index (χ3n) is 6.70. The maximum absolute atomic E-state index is 14.4. The molecule has 36 heavy (non-hydrogen) atoms. The average Bonchev–Trinajstić information content (AvgIpc) is 3.09. The zero-order chi connectivity index (χ0) is 25.2. The minimum Gasteiger partial charge on any atom is -0.334 e. The summed E-state index contributed by atoms with van der Waals surface area (Å²) in [6, 6.07) is 17.2. The molecule has 0 saturated heterocycles. The van der Waals surface area contributed by atoms with E-state index in [4.69, 9.17) is 0 Å². The van der Waals surface area contributed by atoms with E-state index in [2.05, 4.69) is 16.7 Å². The van der Waals surface area contributed by atoms with E-state index in [0.717, 1.165) is 41.0 Å². The molecule has 5 rings (SSSR count). The maximum atomic E-state index is 14.4. The molecule has 0 saturated carbocycles. The first-order chi connectivity index (χ1) is 17.4. The lowest BCUT2D eigenvalue weighted by atomic mass is 10.0. The van der Waals surface area contributed by atoms with Gasteiger partial charge in [-0.05, 0) is 73.2 Å². The van der Waals surface area contributed by atoms with Gasteiger partial charge in [0.2, 0.25) is 5.91 Å². The summed E-state index contributed by atoms with van der Waals surface area (Å²) in [5.41, 5.74) is 4.72. The molecule has 8 heteroatoms. The molecule has 2 aliphatic heterocycles. The Labute approximate surface area is 208 Å². The number of hydrogen-bond donors (Lipinski definition) is 2. The lowest BCUT2D eigenvalue weighted by molar-refractivity contribution is -0.115. The highest BCUT2D eigenvalue weighted by Crippen LogP contribution is 2.32. The van der Waals surface area contributed by atoms with Crippen molar-refractivity contribution in [1.82, 2.24) is 5.32 Å². The molecular weight excluding hydrogens is 459 g/mol. The molecule has 0 aromatic heterocycles. The Hall–Kier alpha value is -4.20. The van der Waals surface area contributed by atoms with Crippen LogP contribution in [0, 0.1) is 12.7 Å². The van der Waals surface area contributed by atoms with Crippen LogP contribution in [-0.4, -0.2) is 30.9 Å². The lowest BCUT2D eigenvalue weighted by Crippen LogP contribution is -2.47. The van der Waals surface area contributed by atoms with Crippen molar-refractivity contribution in [3.8, 4) is 0 Å². The van der Waals surface area contributed by atoms with Gasteiger partial charge in [-0.3, -0.25) is 14.5 Å². The third kappa shape index (κ3) is 4.54. The molecule has 4 amide bonds. The summed E-state index contributed by atoms with van der Waals surface area (Å²) in [7, 11) is 0. The first-order valence-corrected chi connectivity index (χ1v) is 12.1. The van der Waals surface area contributed by atoms with Crippen LogP contribution < -0.4 is 20.4 Å². The van der Waals surface area contributed by atoms with Crippen molar-refractivity contribution < 1.29 is 18.8 Å². The summed E-state index contributed by atoms with van der Waals surface area (Å²) in [4.78, 5) is 41.3. The number of hydrogen-bond acceptors (Lipinski definition) is 3. The molecule has 184 valence electrons. The van der Waals surface area contributed by atoms with Gasteiger partial charge in [-0.1, -0.05) is 30.3 Å². The molecule has 2 aliphatic rings. The number of halogens is 1. The summed E-state index contributed by atoms with van der Waals surface area (Å²) < 4.78 is 14.4. The van der Waals surface area contributed by atoms with Crippen molar-refractivity contribution in [2.24, 2.45) is 0 Å². The SMILES string of the molecule is Cc1cc(C(=O)N2CCCCc3ccccc32)ccc1CNC(=O)N1CC(=O)Nc2cccc(F)c21. The number of carbonyl (C=O) groups is 3. The molecule has 0 atom stereocenters. The van der Waals surface area contributed by atoms with Crippen molar-refractivity contribution in [2.45, 2.75) is 32.7 Å². The molecule has 0 radical (unpaired) electrons. The van der Waals surface area contributed by atoms with Crippen molar-refractivity contribution in [3.05, 3.63) is 88.7 Å². The van der Waals surface area contributed by atoms with E-state index >= 15 is 0 Å². The Morgan fingerprint density at radius 3 is 2.69 bits per heavy atom. The highest BCUT2D eigenvalue weighted by Gasteiger charge is 2.29. The third-order valence-corrected chi connectivity index (χ3v) is 6.70. The van der Waals surface area contributed by atoms with E-state index in [-0.39, 0.29) is 30.4 Å². The molecule has 2 heterocycles. The highest BCUT2D eigenvalue weighted by atomic mass is 19.1. The Balaban J connectivity index is 1.30. The number of rotatable bonds is 3. The minimum absolute atomic E-state index is 0.0463. The quantitative estimate of drug-likeness (QED) is 0.559. The second-order valence-corrected chi connectivity index (χ2v) is 9.11. The zero-order valence-electron chi connectivity index (χ0n) is 20.0. The molecule has 2 N–H and O–H groups in total. The van der Waals surface area contributed by atoms with E-state index < -0.39 is 17.8 Å². The molecule has 3 aromatic carbocycles. The molecule has 7 nitrogen and oxygen atoms in total. The maximum Gasteiger partial charge on any atom is 0.322 e. The number of aryl methyl sites for hydroxylation is 2. The standard InChI is InChI=1S/C28H27FN4O3/c1-18-15-20(27(35)32-14-5-4-8-19-7-2-3-11-24(19)32)12-13-21(18)16-30-28(36)33-17-25(34)31-23-10-6-9-22(29)26(23)33/h2-3,6-7,9-13,15H,4-5,8,14,16-17H2,1H3,(H,30,36)(H,31,34). The van der Waals surface area contributed by atoms with Crippen LogP contribution in [0.15, 0.2) is 60.7 Å². The molecule has 3 aromatic rings. The first-order valence-electron chi connectivity index (χ1n) is 12.1. The van der Waals surface area contributed by atoms with Gasteiger partial charge in [-0.2, -0.15) is 0 Å². The fourth-order valence-corrected chi connectivity index (χ4v) is 4.83. The smallest absolute Gasteiger partial charge is 0.322 e. The number of nitrogens with zero attached hydrogens (tertiary/aromatic N) is 2. The van der Waals surface area contributed by atoms with Crippen LogP contribution in [0.5, 0.6) is 0 Å². The van der Waals surface area contributed by atoms with Gasteiger partial charge in [0.05, 0.1) is 5.69 Å². The summed E-state index contributed by atoms with van der Waals surface area (Å²) >= 11 is 0. The predicted molar refractivity (Wildman–Crippen MR) is 137 cm³/mol. The largest absolute Gasteiger partial charge is 0.334 e. The van der Waals surface area contributed by atoms with Crippen molar-refractivity contribution >= 4 is 34.9 Å². The Morgan fingerprint density at radius 2 is 1.86 bits per heavy atom. The lowest BCUT2D eigenvalue weighted by Gasteiger charge is -2.29. The summed E-state index contributed by atoms with van der Waals surface area (Å²) in [6.07, 6.45) is 2.96. The van der Waals surface area contributed by atoms with Crippen LogP contribution in [-0.2, 0) is 17.8 Å². The predicted octanol–water partition coefficient (Wildman–Crippen LogP) is 4.79. The van der Waals surface area contributed by atoms with E-state index in [1.165, 1.54) is 17.7 Å². The number of carbonyl (C=O) groups excluding carboxylic acids is 3. The second-order valence-electron chi connectivity index (χ2n) is 9.11. The van der Waals surface area contributed by atoms with Gasteiger partial charge in [-0.15, -0.1) is 0 Å². The molecule has 0 spiro atoms. The van der Waals surface area contributed by atoms with Crippen LogP contribution in [0.25, 0.3) is 0 Å².